The van der Waals surface area contributed by atoms with Crippen molar-refractivity contribution in [2.45, 2.75) is 19.4 Å². The summed E-state index contributed by atoms with van der Waals surface area (Å²) < 4.78 is 23.4. The zero-order valence-corrected chi connectivity index (χ0v) is 15.9. The SMILES string of the molecule is CCN(C(=O)c1ccc(Nc2ccccc2Cl)cn1)C1CCS(=O)(=O)C1. The van der Waals surface area contributed by atoms with Gasteiger partial charge in [-0.25, -0.2) is 13.4 Å². The molecule has 6 nitrogen and oxygen atoms in total. The third kappa shape index (κ3) is 4.16. The van der Waals surface area contributed by atoms with Crippen LogP contribution in [0.5, 0.6) is 0 Å². The van der Waals surface area contributed by atoms with Crippen LogP contribution in [0.1, 0.15) is 23.8 Å². The van der Waals surface area contributed by atoms with Crippen LogP contribution in [-0.4, -0.2) is 48.3 Å². The molecule has 1 fully saturated rings. The molecule has 2 heterocycles. The summed E-state index contributed by atoms with van der Waals surface area (Å²) in [7, 11) is -3.05. The van der Waals surface area contributed by atoms with Gasteiger partial charge in [-0.1, -0.05) is 23.7 Å². The van der Waals surface area contributed by atoms with Crippen LogP contribution in [0.15, 0.2) is 42.6 Å². The summed E-state index contributed by atoms with van der Waals surface area (Å²) >= 11 is 6.12. The monoisotopic (exact) mass is 393 g/mol. The number of carbonyl (C=O) groups excluding carboxylic acids is 1. The molecular formula is C18H20ClN3O3S. The highest BCUT2D eigenvalue weighted by Gasteiger charge is 2.34. The summed E-state index contributed by atoms with van der Waals surface area (Å²) in [6.07, 6.45) is 2.05. The van der Waals surface area contributed by atoms with E-state index in [0.717, 1.165) is 5.69 Å². The van der Waals surface area contributed by atoms with Gasteiger partial charge in [-0.3, -0.25) is 4.79 Å². The van der Waals surface area contributed by atoms with Gasteiger partial charge in [0.25, 0.3) is 5.91 Å². The van der Waals surface area contributed by atoms with E-state index in [1.165, 1.54) is 0 Å². The number of rotatable bonds is 5. The molecule has 26 heavy (non-hydrogen) atoms. The molecule has 1 atom stereocenters. The standard InChI is InChI=1S/C18H20ClN3O3S/c1-2-22(14-9-10-26(24,25)12-14)18(23)17-8-7-13(11-20-17)21-16-6-4-3-5-15(16)19/h3-8,11,14,21H,2,9-10,12H2,1H3. The molecule has 138 valence electrons. The number of anilines is 2. The lowest BCUT2D eigenvalue weighted by Crippen LogP contribution is -2.41. The number of para-hydroxylation sites is 1. The number of amides is 1. The maximum absolute atomic E-state index is 12.7. The number of benzene rings is 1. The first-order valence-corrected chi connectivity index (χ1v) is 10.6. The number of hydrogen-bond donors (Lipinski definition) is 1. The van der Waals surface area contributed by atoms with E-state index < -0.39 is 9.84 Å². The minimum atomic E-state index is -3.05. The molecule has 1 aromatic carbocycles. The Kier molecular flexibility index (Phi) is 5.48. The van der Waals surface area contributed by atoms with E-state index in [2.05, 4.69) is 10.3 Å². The second kappa shape index (κ2) is 7.63. The number of aromatic nitrogens is 1. The Hall–Kier alpha value is -2.12. The van der Waals surface area contributed by atoms with Crippen LogP contribution >= 0.6 is 11.6 Å². The molecule has 1 amide bonds. The van der Waals surface area contributed by atoms with E-state index in [-0.39, 0.29) is 23.5 Å². The van der Waals surface area contributed by atoms with Crippen LogP contribution in [0, 0.1) is 0 Å². The molecule has 1 unspecified atom stereocenters. The Bertz CT molecular complexity index is 900. The highest BCUT2D eigenvalue weighted by atomic mass is 35.5. The van der Waals surface area contributed by atoms with Gasteiger partial charge >= 0.3 is 0 Å². The van der Waals surface area contributed by atoms with E-state index in [1.54, 1.807) is 29.3 Å². The van der Waals surface area contributed by atoms with Gasteiger partial charge in [-0.15, -0.1) is 0 Å². The summed E-state index contributed by atoms with van der Waals surface area (Å²) in [4.78, 5) is 18.6. The predicted octanol–water partition coefficient (Wildman–Crippen LogP) is 3.13. The van der Waals surface area contributed by atoms with Crippen molar-refractivity contribution < 1.29 is 13.2 Å². The maximum Gasteiger partial charge on any atom is 0.272 e. The van der Waals surface area contributed by atoms with E-state index in [1.807, 2.05) is 25.1 Å². The van der Waals surface area contributed by atoms with Gasteiger partial charge in [0.05, 0.1) is 34.1 Å². The Morgan fingerprint density at radius 1 is 1.31 bits per heavy atom. The molecule has 1 aromatic heterocycles. The van der Waals surface area contributed by atoms with Crippen molar-refractivity contribution in [3.63, 3.8) is 0 Å². The molecule has 1 aliphatic heterocycles. The first-order valence-electron chi connectivity index (χ1n) is 8.38. The number of nitrogens with one attached hydrogen (secondary N) is 1. The Labute approximate surface area is 158 Å². The molecule has 1 aliphatic rings. The third-order valence-corrected chi connectivity index (χ3v) is 6.47. The van der Waals surface area contributed by atoms with Crippen molar-refractivity contribution >= 4 is 38.7 Å². The molecule has 0 spiro atoms. The second-order valence-corrected chi connectivity index (χ2v) is 8.82. The fourth-order valence-electron chi connectivity index (χ4n) is 3.05. The van der Waals surface area contributed by atoms with Crippen LogP contribution in [-0.2, 0) is 9.84 Å². The van der Waals surface area contributed by atoms with Crippen LogP contribution in [0.25, 0.3) is 0 Å². The van der Waals surface area contributed by atoms with E-state index in [4.69, 9.17) is 11.6 Å². The minimum Gasteiger partial charge on any atom is -0.353 e. The molecule has 0 saturated carbocycles. The van der Waals surface area contributed by atoms with Gasteiger partial charge in [0.2, 0.25) is 0 Å². The van der Waals surface area contributed by atoms with Crippen molar-refractivity contribution in [3.05, 3.63) is 53.3 Å². The van der Waals surface area contributed by atoms with Gasteiger partial charge in [0.15, 0.2) is 9.84 Å². The summed E-state index contributed by atoms with van der Waals surface area (Å²) in [6, 6.07) is 10.5. The van der Waals surface area contributed by atoms with Crippen molar-refractivity contribution in [2.75, 3.05) is 23.4 Å². The Morgan fingerprint density at radius 3 is 2.65 bits per heavy atom. The Balaban J connectivity index is 1.73. The highest BCUT2D eigenvalue weighted by molar-refractivity contribution is 7.91. The smallest absolute Gasteiger partial charge is 0.272 e. The van der Waals surface area contributed by atoms with Gasteiger partial charge < -0.3 is 10.2 Å². The molecule has 2 aromatic rings. The quantitative estimate of drug-likeness (QED) is 0.844. The number of sulfone groups is 1. The molecular weight excluding hydrogens is 374 g/mol. The summed E-state index contributed by atoms with van der Waals surface area (Å²) in [5.74, 6) is -0.0900. The summed E-state index contributed by atoms with van der Waals surface area (Å²) in [6.45, 7) is 2.29. The molecule has 0 radical (unpaired) electrons. The van der Waals surface area contributed by atoms with Gasteiger partial charge in [0.1, 0.15) is 5.69 Å². The van der Waals surface area contributed by atoms with E-state index in [0.29, 0.717) is 29.4 Å². The minimum absolute atomic E-state index is 0.0265. The molecule has 1 saturated heterocycles. The topological polar surface area (TPSA) is 79.4 Å². The van der Waals surface area contributed by atoms with Crippen molar-refractivity contribution in [2.24, 2.45) is 0 Å². The average Bonchev–Trinajstić information content (AvgIpc) is 2.98. The number of pyridine rings is 1. The largest absolute Gasteiger partial charge is 0.353 e. The normalized spacial score (nSPS) is 18.5. The number of hydrogen-bond acceptors (Lipinski definition) is 5. The number of halogens is 1. The van der Waals surface area contributed by atoms with E-state index in [9.17, 15) is 13.2 Å². The lowest BCUT2D eigenvalue weighted by Gasteiger charge is -2.26. The average molecular weight is 394 g/mol. The lowest BCUT2D eigenvalue weighted by atomic mass is 10.2. The van der Waals surface area contributed by atoms with Crippen LogP contribution in [0.3, 0.4) is 0 Å². The molecule has 3 rings (SSSR count). The van der Waals surface area contributed by atoms with E-state index >= 15 is 0 Å². The third-order valence-electron chi connectivity index (χ3n) is 4.39. The fraction of sp³-hybridized carbons (Fsp3) is 0.333. The fourth-order valence-corrected chi connectivity index (χ4v) is 4.96. The molecule has 0 bridgehead atoms. The van der Waals surface area contributed by atoms with Gasteiger partial charge in [0, 0.05) is 12.6 Å². The van der Waals surface area contributed by atoms with Crippen LogP contribution in [0.4, 0.5) is 11.4 Å². The van der Waals surface area contributed by atoms with Gasteiger partial charge in [-0.2, -0.15) is 0 Å². The Morgan fingerprint density at radius 2 is 2.08 bits per heavy atom. The van der Waals surface area contributed by atoms with Crippen molar-refractivity contribution in [1.29, 1.82) is 0 Å². The molecule has 0 aliphatic carbocycles. The summed E-state index contributed by atoms with van der Waals surface area (Å²) in [5, 5.41) is 3.74. The maximum atomic E-state index is 12.7. The van der Waals surface area contributed by atoms with Gasteiger partial charge in [-0.05, 0) is 37.6 Å². The first-order chi connectivity index (χ1) is 12.4. The zero-order valence-electron chi connectivity index (χ0n) is 14.4. The number of carbonyl (C=O) groups is 1. The van der Waals surface area contributed by atoms with Crippen molar-refractivity contribution in [1.82, 2.24) is 9.88 Å². The number of nitrogens with zero attached hydrogens (tertiary/aromatic N) is 2. The van der Waals surface area contributed by atoms with Crippen LogP contribution < -0.4 is 5.32 Å². The van der Waals surface area contributed by atoms with Crippen LogP contribution in [0.2, 0.25) is 5.02 Å². The zero-order chi connectivity index (χ0) is 18.7. The second-order valence-electron chi connectivity index (χ2n) is 6.18. The lowest BCUT2D eigenvalue weighted by molar-refractivity contribution is 0.0702. The highest BCUT2D eigenvalue weighted by Crippen LogP contribution is 2.25. The molecule has 8 heteroatoms. The van der Waals surface area contributed by atoms with Crippen molar-refractivity contribution in [3.8, 4) is 0 Å². The predicted molar refractivity (Wildman–Crippen MR) is 103 cm³/mol. The molecule has 1 N–H and O–H groups in total. The summed E-state index contributed by atoms with van der Waals surface area (Å²) in [5.41, 5.74) is 1.75. The first kappa shape index (κ1) is 18.7.